The summed E-state index contributed by atoms with van der Waals surface area (Å²) in [7, 11) is 1.64. The lowest BCUT2D eigenvalue weighted by molar-refractivity contribution is -0.165. The summed E-state index contributed by atoms with van der Waals surface area (Å²) in [5.41, 5.74) is 3.66. The van der Waals surface area contributed by atoms with Crippen LogP contribution in [0.15, 0.2) is 30.9 Å². The van der Waals surface area contributed by atoms with Crippen LogP contribution in [0, 0.1) is 0 Å². The quantitative estimate of drug-likeness (QED) is 0.537. The predicted octanol–water partition coefficient (Wildman–Crippen LogP) is 3.19. The number of anilines is 1. The molecule has 6 rings (SSSR count). The summed E-state index contributed by atoms with van der Waals surface area (Å²) >= 11 is 0. The van der Waals surface area contributed by atoms with Crippen molar-refractivity contribution in [2.24, 2.45) is 0 Å². The third kappa shape index (κ3) is 2.80. The van der Waals surface area contributed by atoms with Crippen LogP contribution in [0.3, 0.4) is 0 Å². The molecule has 9 heteroatoms. The maximum absolute atomic E-state index is 5.82. The molecule has 0 aromatic carbocycles. The number of nitrogens with zero attached hydrogens (tertiary/aromatic N) is 5. The van der Waals surface area contributed by atoms with Crippen LogP contribution in [-0.2, 0) is 4.74 Å². The van der Waals surface area contributed by atoms with Crippen molar-refractivity contribution in [3.8, 4) is 17.0 Å². The fourth-order valence-corrected chi connectivity index (χ4v) is 4.68. The molecule has 1 aliphatic carbocycles. The van der Waals surface area contributed by atoms with Crippen LogP contribution in [0.1, 0.15) is 32.1 Å². The second-order valence-electron chi connectivity index (χ2n) is 8.16. The van der Waals surface area contributed by atoms with Gasteiger partial charge in [0, 0.05) is 24.0 Å². The van der Waals surface area contributed by atoms with E-state index in [0.717, 1.165) is 60.1 Å². The van der Waals surface area contributed by atoms with Crippen molar-refractivity contribution in [3.05, 3.63) is 30.9 Å². The highest BCUT2D eigenvalue weighted by Gasteiger charge is 2.41. The lowest BCUT2D eigenvalue weighted by Crippen LogP contribution is -2.48. The summed E-state index contributed by atoms with van der Waals surface area (Å²) in [6.45, 7) is 0.911. The summed E-state index contributed by atoms with van der Waals surface area (Å²) in [6, 6.07) is 4.34. The molecular formula is C21H23N7O2. The van der Waals surface area contributed by atoms with E-state index in [0.29, 0.717) is 17.9 Å². The molecule has 0 amide bonds. The molecule has 0 bridgehead atoms. The van der Waals surface area contributed by atoms with Gasteiger partial charge in [0.05, 0.1) is 24.7 Å². The average Bonchev–Trinajstić information content (AvgIpc) is 3.39. The van der Waals surface area contributed by atoms with Crippen molar-refractivity contribution >= 4 is 22.6 Å². The third-order valence-corrected chi connectivity index (χ3v) is 6.48. The molecule has 9 nitrogen and oxygen atoms in total. The molecule has 4 aromatic heterocycles. The molecule has 2 N–H and O–H groups in total. The molecule has 30 heavy (non-hydrogen) atoms. The third-order valence-electron chi connectivity index (χ3n) is 6.48. The van der Waals surface area contributed by atoms with Gasteiger partial charge in [-0.25, -0.2) is 9.50 Å². The van der Waals surface area contributed by atoms with E-state index >= 15 is 0 Å². The van der Waals surface area contributed by atoms with Gasteiger partial charge in [-0.1, -0.05) is 0 Å². The zero-order valence-corrected chi connectivity index (χ0v) is 16.8. The van der Waals surface area contributed by atoms with Crippen LogP contribution in [0.5, 0.6) is 5.88 Å². The van der Waals surface area contributed by atoms with Crippen LogP contribution in [-0.4, -0.2) is 54.9 Å². The molecule has 5 heterocycles. The fourth-order valence-electron chi connectivity index (χ4n) is 4.68. The average molecular weight is 405 g/mol. The zero-order chi connectivity index (χ0) is 20.1. The Bertz CT molecular complexity index is 1220. The first-order chi connectivity index (χ1) is 14.7. The number of hydrogen-bond donors (Lipinski definition) is 2. The largest absolute Gasteiger partial charge is 0.480 e. The first kappa shape index (κ1) is 17.6. The first-order valence-corrected chi connectivity index (χ1v) is 10.4. The molecule has 0 atom stereocenters. The Balaban J connectivity index is 1.31. The number of nitrogens with one attached hydrogen (secondary N) is 2. The van der Waals surface area contributed by atoms with E-state index in [1.165, 1.54) is 6.42 Å². The molecule has 1 spiro atoms. The lowest BCUT2D eigenvalue weighted by Gasteiger charge is -2.46. The van der Waals surface area contributed by atoms with E-state index in [2.05, 4.69) is 25.4 Å². The number of ether oxygens (including phenoxy) is 2. The molecule has 154 valence electrons. The van der Waals surface area contributed by atoms with Gasteiger partial charge >= 0.3 is 0 Å². The number of rotatable bonds is 4. The Morgan fingerprint density at radius 2 is 2.13 bits per heavy atom. The summed E-state index contributed by atoms with van der Waals surface area (Å²) in [5.74, 6) is 1.14. The van der Waals surface area contributed by atoms with E-state index in [1.54, 1.807) is 18.0 Å². The van der Waals surface area contributed by atoms with Crippen molar-refractivity contribution in [2.45, 2.75) is 43.7 Å². The SMILES string of the molecule is COc1nc(NC2CCC3(CCO3)CC2)nc2[nH]cc(-c3ccn4ncnc4c3)c12. The molecular weight excluding hydrogens is 382 g/mol. The maximum Gasteiger partial charge on any atom is 0.228 e. The Morgan fingerprint density at radius 3 is 2.90 bits per heavy atom. The van der Waals surface area contributed by atoms with Gasteiger partial charge in [-0.2, -0.15) is 15.1 Å². The summed E-state index contributed by atoms with van der Waals surface area (Å²) in [4.78, 5) is 16.9. The molecule has 1 aliphatic heterocycles. The van der Waals surface area contributed by atoms with E-state index in [4.69, 9.17) is 14.5 Å². The van der Waals surface area contributed by atoms with Gasteiger partial charge < -0.3 is 19.8 Å². The van der Waals surface area contributed by atoms with Gasteiger partial charge in [0.15, 0.2) is 5.65 Å². The smallest absolute Gasteiger partial charge is 0.228 e. The Morgan fingerprint density at radius 1 is 1.27 bits per heavy atom. The first-order valence-electron chi connectivity index (χ1n) is 10.4. The number of hydrogen-bond acceptors (Lipinski definition) is 7. The highest BCUT2D eigenvalue weighted by Crippen LogP contribution is 2.41. The van der Waals surface area contributed by atoms with E-state index in [-0.39, 0.29) is 5.60 Å². The lowest BCUT2D eigenvalue weighted by atomic mass is 9.77. The fraction of sp³-hybridized carbons (Fsp3) is 0.429. The zero-order valence-electron chi connectivity index (χ0n) is 16.8. The number of pyridine rings is 1. The van der Waals surface area contributed by atoms with Crippen LogP contribution in [0.25, 0.3) is 27.8 Å². The topological polar surface area (TPSA) is 102 Å². The minimum absolute atomic E-state index is 0.153. The van der Waals surface area contributed by atoms with E-state index in [1.807, 2.05) is 24.5 Å². The van der Waals surface area contributed by atoms with Crippen LogP contribution in [0.4, 0.5) is 5.95 Å². The van der Waals surface area contributed by atoms with Crippen LogP contribution < -0.4 is 10.1 Å². The van der Waals surface area contributed by atoms with Crippen molar-refractivity contribution in [1.29, 1.82) is 0 Å². The van der Waals surface area contributed by atoms with Crippen molar-refractivity contribution in [1.82, 2.24) is 29.5 Å². The second-order valence-corrected chi connectivity index (χ2v) is 8.16. The molecule has 0 unspecified atom stereocenters. The van der Waals surface area contributed by atoms with Gasteiger partial charge in [-0.3, -0.25) is 0 Å². The highest BCUT2D eigenvalue weighted by molar-refractivity contribution is 5.98. The second kappa shape index (κ2) is 6.66. The van der Waals surface area contributed by atoms with Gasteiger partial charge in [-0.05, 0) is 49.8 Å². The number of aromatic amines is 1. The minimum Gasteiger partial charge on any atom is -0.480 e. The molecule has 4 aromatic rings. The molecule has 1 saturated carbocycles. The normalized spacial score (nSPS) is 23.7. The van der Waals surface area contributed by atoms with Crippen LogP contribution in [0.2, 0.25) is 0 Å². The number of methoxy groups -OCH3 is 1. The number of aromatic nitrogens is 6. The number of fused-ring (bicyclic) bond motifs is 2. The molecule has 2 fully saturated rings. The Hall–Kier alpha value is -3.20. The maximum atomic E-state index is 5.82. The number of H-pyrrole nitrogens is 1. The van der Waals surface area contributed by atoms with Gasteiger partial charge in [0.2, 0.25) is 11.8 Å². The standard InChI is InChI=1S/C21H23N7O2/c1-29-19-17-15(13-4-8-28-16(10-13)23-12-24-28)11-22-18(17)26-20(27-19)25-14-2-5-21(6-3-14)7-9-30-21/h4,8,10-12,14H,2-3,5-7,9H2,1H3,(H2,22,25,26,27). The van der Waals surface area contributed by atoms with Crippen molar-refractivity contribution in [2.75, 3.05) is 19.0 Å². The Labute approximate surface area is 172 Å². The minimum atomic E-state index is 0.153. The molecule has 1 saturated heterocycles. The van der Waals surface area contributed by atoms with Crippen molar-refractivity contribution in [3.63, 3.8) is 0 Å². The summed E-state index contributed by atoms with van der Waals surface area (Å²) in [5, 5.41) is 8.52. The monoisotopic (exact) mass is 405 g/mol. The van der Waals surface area contributed by atoms with E-state index < -0.39 is 0 Å². The van der Waals surface area contributed by atoms with Crippen LogP contribution >= 0.6 is 0 Å². The van der Waals surface area contributed by atoms with Gasteiger partial charge in [-0.15, -0.1) is 0 Å². The van der Waals surface area contributed by atoms with E-state index in [9.17, 15) is 0 Å². The van der Waals surface area contributed by atoms with Gasteiger partial charge in [0.25, 0.3) is 0 Å². The molecule has 0 radical (unpaired) electrons. The summed E-state index contributed by atoms with van der Waals surface area (Å²) < 4.78 is 13.2. The highest BCUT2D eigenvalue weighted by atomic mass is 16.5. The molecule has 2 aliphatic rings. The van der Waals surface area contributed by atoms with Gasteiger partial charge in [0.1, 0.15) is 12.0 Å². The summed E-state index contributed by atoms with van der Waals surface area (Å²) in [6.07, 6.45) is 10.9. The predicted molar refractivity (Wildman–Crippen MR) is 112 cm³/mol. The Kier molecular flexibility index (Phi) is 3.92. The van der Waals surface area contributed by atoms with Crippen molar-refractivity contribution < 1.29 is 9.47 Å².